The molecule has 1 atom stereocenters. The van der Waals surface area contributed by atoms with Gasteiger partial charge < -0.3 is 10.2 Å². The quantitative estimate of drug-likeness (QED) is 0.839. The Balaban J connectivity index is 1.66. The number of benzene rings is 1. The monoisotopic (exact) mass is 392 g/mol. The summed E-state index contributed by atoms with van der Waals surface area (Å²) in [5.74, 6) is 0.635. The van der Waals surface area contributed by atoms with Gasteiger partial charge in [0.15, 0.2) is 0 Å². The van der Waals surface area contributed by atoms with Crippen molar-refractivity contribution in [3.63, 3.8) is 0 Å². The Morgan fingerprint density at radius 2 is 2.29 bits per heavy atom. The first-order chi connectivity index (χ1) is 11.6. The summed E-state index contributed by atoms with van der Waals surface area (Å²) < 4.78 is 2.36. The molecule has 128 valence electrons. The van der Waals surface area contributed by atoms with E-state index in [1.807, 2.05) is 24.1 Å². The third kappa shape index (κ3) is 3.67. The maximum Gasteiger partial charge on any atom is 0.261 e. The Morgan fingerprint density at radius 3 is 3.08 bits per heavy atom. The largest absolute Gasteiger partial charge is 0.342 e. The number of carbonyl (C=O) groups is 1. The molecule has 1 amide bonds. The molecule has 7 heteroatoms. The highest BCUT2D eigenvalue weighted by Crippen LogP contribution is 2.17. The van der Waals surface area contributed by atoms with Crippen molar-refractivity contribution in [2.45, 2.75) is 19.4 Å². The van der Waals surface area contributed by atoms with E-state index in [9.17, 15) is 9.59 Å². The summed E-state index contributed by atoms with van der Waals surface area (Å²) in [6, 6.07) is 5.44. The lowest BCUT2D eigenvalue weighted by Crippen LogP contribution is -2.32. The molecular formula is C17H21BrN4O2. The van der Waals surface area contributed by atoms with E-state index in [1.54, 1.807) is 6.07 Å². The van der Waals surface area contributed by atoms with Crippen LogP contribution in [-0.2, 0) is 11.3 Å². The molecule has 0 bridgehead atoms. The van der Waals surface area contributed by atoms with Crippen molar-refractivity contribution in [1.29, 1.82) is 0 Å². The van der Waals surface area contributed by atoms with Gasteiger partial charge >= 0.3 is 0 Å². The molecular weight excluding hydrogens is 372 g/mol. The van der Waals surface area contributed by atoms with Gasteiger partial charge in [0.05, 0.1) is 17.2 Å². The summed E-state index contributed by atoms with van der Waals surface area (Å²) in [6.07, 6.45) is 2.89. The van der Waals surface area contributed by atoms with Gasteiger partial charge in [-0.2, -0.15) is 0 Å². The maximum absolute atomic E-state index is 12.5. The number of carbonyl (C=O) groups excluding carboxylic acids is 1. The second kappa shape index (κ2) is 7.44. The number of hydrogen-bond acceptors (Lipinski definition) is 4. The minimum atomic E-state index is -0.108. The molecule has 2 aromatic rings. The van der Waals surface area contributed by atoms with Crippen molar-refractivity contribution in [3.05, 3.63) is 39.4 Å². The predicted octanol–water partition coefficient (Wildman–Crippen LogP) is 1.62. The topological polar surface area (TPSA) is 67.2 Å². The lowest BCUT2D eigenvalue weighted by Gasteiger charge is -2.17. The van der Waals surface area contributed by atoms with Gasteiger partial charge in [-0.25, -0.2) is 4.98 Å². The molecule has 0 radical (unpaired) electrons. The molecule has 2 heterocycles. The van der Waals surface area contributed by atoms with Gasteiger partial charge in [-0.05, 0) is 44.1 Å². The zero-order chi connectivity index (χ0) is 17.1. The van der Waals surface area contributed by atoms with Crippen LogP contribution in [0.4, 0.5) is 0 Å². The van der Waals surface area contributed by atoms with E-state index in [2.05, 4.69) is 26.2 Å². The number of likely N-dealkylation sites (tertiary alicyclic amines) is 1. The van der Waals surface area contributed by atoms with E-state index < -0.39 is 0 Å². The van der Waals surface area contributed by atoms with Crippen molar-refractivity contribution >= 4 is 32.7 Å². The van der Waals surface area contributed by atoms with Crippen LogP contribution in [0.2, 0.25) is 0 Å². The molecule has 1 saturated heterocycles. The number of amides is 1. The van der Waals surface area contributed by atoms with Crippen molar-refractivity contribution in [2.24, 2.45) is 5.92 Å². The van der Waals surface area contributed by atoms with Gasteiger partial charge in [0.25, 0.3) is 5.56 Å². The average molecular weight is 393 g/mol. The molecule has 24 heavy (non-hydrogen) atoms. The lowest BCUT2D eigenvalue weighted by molar-refractivity contribution is -0.130. The fourth-order valence-corrected chi connectivity index (χ4v) is 3.54. The molecule has 0 saturated carbocycles. The van der Waals surface area contributed by atoms with Crippen LogP contribution in [0.3, 0.4) is 0 Å². The molecule has 6 nitrogen and oxygen atoms in total. The molecule has 0 aliphatic carbocycles. The van der Waals surface area contributed by atoms with Gasteiger partial charge in [0, 0.05) is 30.5 Å². The number of fused-ring (bicyclic) bond motifs is 1. The number of aromatic nitrogens is 2. The van der Waals surface area contributed by atoms with Crippen LogP contribution in [0.25, 0.3) is 10.9 Å². The van der Waals surface area contributed by atoms with Crippen LogP contribution in [0, 0.1) is 5.92 Å². The highest BCUT2D eigenvalue weighted by molar-refractivity contribution is 9.10. The highest BCUT2D eigenvalue weighted by atomic mass is 79.9. The molecule has 1 unspecified atom stereocenters. The average Bonchev–Trinajstić information content (AvgIpc) is 3.04. The Morgan fingerprint density at radius 1 is 1.46 bits per heavy atom. The fraction of sp³-hybridized carbons (Fsp3) is 0.471. The maximum atomic E-state index is 12.5. The van der Waals surface area contributed by atoms with Crippen molar-refractivity contribution in [2.75, 3.05) is 26.7 Å². The summed E-state index contributed by atoms with van der Waals surface area (Å²) in [5, 5.41) is 3.72. The van der Waals surface area contributed by atoms with Gasteiger partial charge in [-0.3, -0.25) is 14.2 Å². The van der Waals surface area contributed by atoms with Crippen LogP contribution in [-0.4, -0.2) is 47.0 Å². The smallest absolute Gasteiger partial charge is 0.261 e. The van der Waals surface area contributed by atoms with Gasteiger partial charge in [0.1, 0.15) is 0 Å². The number of rotatable bonds is 5. The van der Waals surface area contributed by atoms with E-state index in [1.165, 1.54) is 10.9 Å². The fourth-order valence-electron chi connectivity index (χ4n) is 3.18. The number of nitrogens with one attached hydrogen (secondary N) is 1. The Bertz CT molecular complexity index is 805. The molecule has 1 aliphatic rings. The zero-order valence-corrected chi connectivity index (χ0v) is 15.3. The number of hydrogen-bond donors (Lipinski definition) is 1. The molecule has 1 aromatic carbocycles. The minimum Gasteiger partial charge on any atom is -0.342 e. The third-order valence-corrected chi connectivity index (χ3v) is 4.98. The van der Waals surface area contributed by atoms with E-state index in [0.29, 0.717) is 29.8 Å². The van der Waals surface area contributed by atoms with Crippen LogP contribution in [0.15, 0.2) is 33.8 Å². The number of aryl methyl sites for hydroxylation is 1. The van der Waals surface area contributed by atoms with Crippen LogP contribution in [0.5, 0.6) is 0 Å². The van der Waals surface area contributed by atoms with Crippen LogP contribution < -0.4 is 10.9 Å². The molecule has 1 N–H and O–H groups in total. The minimum absolute atomic E-state index is 0.106. The van der Waals surface area contributed by atoms with Crippen molar-refractivity contribution in [3.8, 4) is 0 Å². The van der Waals surface area contributed by atoms with Crippen LogP contribution >= 0.6 is 15.9 Å². The van der Waals surface area contributed by atoms with E-state index in [4.69, 9.17) is 0 Å². The Hall–Kier alpha value is -1.73. The first-order valence-corrected chi connectivity index (χ1v) is 8.95. The summed E-state index contributed by atoms with van der Waals surface area (Å²) in [6.45, 7) is 2.91. The summed E-state index contributed by atoms with van der Waals surface area (Å²) in [4.78, 5) is 31.1. The second-order valence-corrected chi connectivity index (χ2v) is 7.12. The van der Waals surface area contributed by atoms with Gasteiger partial charge in [-0.15, -0.1) is 0 Å². The number of halogens is 1. The number of nitrogens with zero attached hydrogens (tertiary/aromatic N) is 3. The molecule has 0 spiro atoms. The molecule has 1 fully saturated rings. The molecule has 1 aromatic heterocycles. The zero-order valence-electron chi connectivity index (χ0n) is 13.7. The Kier molecular flexibility index (Phi) is 5.30. The van der Waals surface area contributed by atoms with E-state index in [0.717, 1.165) is 30.5 Å². The van der Waals surface area contributed by atoms with Gasteiger partial charge in [0.2, 0.25) is 5.91 Å². The van der Waals surface area contributed by atoms with Crippen LogP contribution in [0.1, 0.15) is 12.8 Å². The first kappa shape index (κ1) is 17.1. The molecule has 3 rings (SSSR count). The van der Waals surface area contributed by atoms with Crippen molar-refractivity contribution in [1.82, 2.24) is 19.8 Å². The second-order valence-electron chi connectivity index (χ2n) is 6.21. The van der Waals surface area contributed by atoms with E-state index in [-0.39, 0.29) is 11.5 Å². The summed E-state index contributed by atoms with van der Waals surface area (Å²) >= 11 is 3.37. The summed E-state index contributed by atoms with van der Waals surface area (Å²) in [7, 11) is 1.93. The van der Waals surface area contributed by atoms with E-state index >= 15 is 0 Å². The normalized spacial score (nSPS) is 17.6. The lowest BCUT2D eigenvalue weighted by atomic mass is 10.1. The third-order valence-electron chi connectivity index (χ3n) is 4.48. The Labute approximate surface area is 149 Å². The van der Waals surface area contributed by atoms with Crippen molar-refractivity contribution < 1.29 is 4.79 Å². The summed E-state index contributed by atoms with van der Waals surface area (Å²) in [5.41, 5.74) is 0.559. The molecule has 1 aliphatic heterocycles. The predicted molar refractivity (Wildman–Crippen MR) is 96.9 cm³/mol. The van der Waals surface area contributed by atoms with Gasteiger partial charge in [-0.1, -0.05) is 15.9 Å². The SMILES string of the molecule is CNCC1CCN(C(=O)CCn2cnc3ccc(Br)cc3c2=O)C1. The first-order valence-electron chi connectivity index (χ1n) is 8.15. The standard InChI is InChI=1S/C17H21BrN4O2/c1-19-9-12-4-6-21(10-12)16(23)5-7-22-11-20-15-3-2-13(18)8-14(15)17(22)24/h2-3,8,11-12,19H,4-7,9-10H2,1H3. The highest BCUT2D eigenvalue weighted by Gasteiger charge is 2.25.